The highest BCUT2D eigenvalue weighted by Crippen LogP contribution is 1.97. The first-order valence-electron chi connectivity index (χ1n) is 3.15. The summed E-state index contributed by atoms with van der Waals surface area (Å²) in [6.07, 6.45) is 0.710. The number of aldehydes is 1. The van der Waals surface area contributed by atoms with Crippen molar-refractivity contribution >= 4 is 29.2 Å². The Morgan fingerprint density at radius 2 is 2.17 bits per heavy atom. The first kappa shape index (κ1) is 10.9. The summed E-state index contributed by atoms with van der Waals surface area (Å²) in [6, 6.07) is 0. The highest BCUT2D eigenvalue weighted by molar-refractivity contribution is 6.61. The van der Waals surface area contributed by atoms with Crippen molar-refractivity contribution in [2.24, 2.45) is 0 Å². The zero-order valence-corrected chi connectivity index (χ0v) is 7.21. The Labute approximate surface area is 74.2 Å². The topological polar surface area (TPSA) is 63.7 Å². The van der Waals surface area contributed by atoms with E-state index in [0.29, 0.717) is 11.3 Å². The van der Waals surface area contributed by atoms with Gasteiger partial charge in [-0.2, -0.15) is 5.06 Å². The van der Waals surface area contributed by atoms with E-state index in [-0.39, 0.29) is 12.8 Å². The van der Waals surface area contributed by atoms with Gasteiger partial charge in [-0.1, -0.05) is 0 Å². The molecule has 6 heteroatoms. The monoisotopic (exact) mass is 193 g/mol. The lowest BCUT2D eigenvalue weighted by Gasteiger charge is -2.12. The van der Waals surface area contributed by atoms with E-state index in [9.17, 15) is 14.4 Å². The number of halogens is 1. The molecule has 0 aromatic rings. The predicted molar refractivity (Wildman–Crippen MR) is 40.4 cm³/mol. The van der Waals surface area contributed by atoms with E-state index >= 15 is 0 Å². The normalized spacial score (nSPS) is 8.83. The molecule has 0 aromatic carbocycles. The van der Waals surface area contributed by atoms with Gasteiger partial charge >= 0.3 is 5.43 Å². The van der Waals surface area contributed by atoms with Gasteiger partial charge in [0.15, 0.2) is 0 Å². The van der Waals surface area contributed by atoms with Crippen LogP contribution in [0.4, 0.5) is 4.79 Å². The van der Waals surface area contributed by atoms with Gasteiger partial charge in [-0.3, -0.25) is 4.79 Å². The molecule has 0 unspecified atom stereocenters. The lowest BCUT2D eigenvalue weighted by atomic mass is 10.3. The minimum atomic E-state index is -1.09. The second-order valence-corrected chi connectivity index (χ2v) is 2.23. The van der Waals surface area contributed by atoms with Crippen molar-refractivity contribution in [3.63, 3.8) is 0 Å². The fourth-order valence-corrected chi connectivity index (χ4v) is 0.602. The highest BCUT2D eigenvalue weighted by Gasteiger charge is 2.11. The van der Waals surface area contributed by atoms with E-state index in [4.69, 9.17) is 11.6 Å². The summed E-state index contributed by atoms with van der Waals surface area (Å²) in [5, 5.41) is 0.693. The number of carbonyl (C=O) groups is 3. The summed E-state index contributed by atoms with van der Waals surface area (Å²) >= 11 is 4.83. The molecular formula is C6H8ClNO4. The van der Waals surface area contributed by atoms with Crippen molar-refractivity contribution in [3.8, 4) is 0 Å². The quantitative estimate of drug-likeness (QED) is 0.376. The third kappa shape index (κ3) is 4.68. The lowest BCUT2D eigenvalue weighted by molar-refractivity contribution is -0.158. The van der Waals surface area contributed by atoms with Gasteiger partial charge in [0.25, 0.3) is 5.91 Å². The zero-order chi connectivity index (χ0) is 9.56. The smallest absolute Gasteiger partial charge is 0.323 e. The molecule has 68 valence electrons. The maximum Gasteiger partial charge on any atom is 0.428 e. The number of hydrogen-bond acceptors (Lipinski definition) is 4. The second kappa shape index (κ2) is 5.54. The Bertz CT molecular complexity index is 194. The van der Waals surface area contributed by atoms with Crippen LogP contribution in [0, 0.1) is 0 Å². The van der Waals surface area contributed by atoms with Gasteiger partial charge < -0.3 is 9.63 Å². The summed E-state index contributed by atoms with van der Waals surface area (Å²) in [4.78, 5) is 35.0. The van der Waals surface area contributed by atoms with Crippen molar-refractivity contribution in [2.45, 2.75) is 12.8 Å². The van der Waals surface area contributed by atoms with Gasteiger partial charge in [-0.05, 0) is 0 Å². The minimum Gasteiger partial charge on any atom is -0.323 e. The number of hydrogen-bond donors (Lipinski definition) is 0. The largest absolute Gasteiger partial charge is 0.428 e. The molecule has 0 rings (SSSR count). The molecule has 0 fully saturated rings. The van der Waals surface area contributed by atoms with E-state index in [1.807, 2.05) is 0 Å². The first-order chi connectivity index (χ1) is 5.57. The highest BCUT2D eigenvalue weighted by atomic mass is 35.5. The average Bonchev–Trinajstić information content (AvgIpc) is 1.98. The van der Waals surface area contributed by atoms with Crippen molar-refractivity contribution in [2.75, 3.05) is 7.05 Å². The molecule has 0 N–H and O–H groups in total. The number of nitrogens with zero attached hydrogens (tertiary/aromatic N) is 1. The fourth-order valence-electron chi connectivity index (χ4n) is 0.498. The van der Waals surface area contributed by atoms with Gasteiger partial charge in [0.1, 0.15) is 6.29 Å². The van der Waals surface area contributed by atoms with Crippen LogP contribution in [-0.4, -0.2) is 29.7 Å². The molecule has 0 spiro atoms. The van der Waals surface area contributed by atoms with Crippen LogP contribution in [0.15, 0.2) is 0 Å². The summed E-state index contributed by atoms with van der Waals surface area (Å²) in [7, 11) is 1.24. The molecule has 0 aliphatic heterocycles. The van der Waals surface area contributed by atoms with Crippen LogP contribution in [-0.2, 0) is 14.4 Å². The SMILES string of the molecule is CN(OC(=O)Cl)C(=O)CCC=O. The van der Waals surface area contributed by atoms with Crippen LogP contribution in [0.25, 0.3) is 0 Å². The van der Waals surface area contributed by atoms with Gasteiger partial charge in [0.05, 0.1) is 0 Å². The minimum absolute atomic E-state index is 0.00414. The van der Waals surface area contributed by atoms with E-state index in [1.165, 1.54) is 7.05 Å². The molecule has 0 bridgehead atoms. The van der Waals surface area contributed by atoms with Crippen molar-refractivity contribution < 1.29 is 19.2 Å². The molecule has 0 saturated carbocycles. The molecule has 0 aliphatic carbocycles. The summed E-state index contributed by atoms with van der Waals surface area (Å²) in [5.74, 6) is -0.476. The second-order valence-electron chi connectivity index (χ2n) is 1.93. The molecule has 1 amide bonds. The molecule has 0 aromatic heterocycles. The summed E-state index contributed by atoms with van der Waals surface area (Å²) in [5.41, 5.74) is -1.09. The Balaban J connectivity index is 3.76. The van der Waals surface area contributed by atoms with E-state index in [2.05, 4.69) is 4.84 Å². The number of carbonyl (C=O) groups excluding carboxylic acids is 3. The first-order valence-corrected chi connectivity index (χ1v) is 3.53. The molecule has 5 nitrogen and oxygen atoms in total. The third-order valence-electron chi connectivity index (χ3n) is 1.04. The van der Waals surface area contributed by atoms with E-state index in [1.54, 1.807) is 0 Å². The van der Waals surface area contributed by atoms with E-state index < -0.39 is 11.3 Å². The molecule has 0 aliphatic rings. The predicted octanol–water partition coefficient (Wildman–Crippen LogP) is 0.714. The number of hydroxylamine groups is 2. The van der Waals surface area contributed by atoms with Gasteiger partial charge in [-0.15, -0.1) is 0 Å². The molecule has 0 atom stereocenters. The zero-order valence-electron chi connectivity index (χ0n) is 6.45. The maximum atomic E-state index is 10.9. The Kier molecular flexibility index (Phi) is 5.03. The average molecular weight is 194 g/mol. The molecule has 0 heterocycles. The summed E-state index contributed by atoms with van der Waals surface area (Å²) in [6.45, 7) is 0. The van der Waals surface area contributed by atoms with Crippen LogP contribution in [0.2, 0.25) is 0 Å². The van der Waals surface area contributed by atoms with E-state index in [0.717, 1.165) is 0 Å². The van der Waals surface area contributed by atoms with Gasteiger partial charge in [0.2, 0.25) is 0 Å². The standard InChI is InChI=1S/C6H8ClNO4/c1-8(12-6(7)11)5(10)3-2-4-9/h4H,2-3H2,1H3. The lowest BCUT2D eigenvalue weighted by Crippen LogP contribution is -2.27. The van der Waals surface area contributed by atoms with Crippen LogP contribution in [0.1, 0.15) is 12.8 Å². The summed E-state index contributed by atoms with van der Waals surface area (Å²) < 4.78 is 0. The number of rotatable bonds is 3. The van der Waals surface area contributed by atoms with Crippen LogP contribution >= 0.6 is 11.6 Å². The molecular weight excluding hydrogens is 186 g/mol. The van der Waals surface area contributed by atoms with Gasteiger partial charge in [0, 0.05) is 31.5 Å². The van der Waals surface area contributed by atoms with Crippen LogP contribution < -0.4 is 0 Å². The van der Waals surface area contributed by atoms with Crippen LogP contribution in [0.3, 0.4) is 0 Å². The van der Waals surface area contributed by atoms with Crippen molar-refractivity contribution in [1.82, 2.24) is 5.06 Å². The Hall–Kier alpha value is -1.10. The fraction of sp³-hybridized carbons (Fsp3) is 0.500. The number of amides is 1. The molecule has 12 heavy (non-hydrogen) atoms. The molecule has 0 saturated heterocycles. The maximum absolute atomic E-state index is 10.9. The molecule has 0 radical (unpaired) electrons. The Morgan fingerprint density at radius 1 is 1.58 bits per heavy atom. The van der Waals surface area contributed by atoms with Crippen LogP contribution in [0.5, 0.6) is 0 Å². The third-order valence-corrected chi connectivity index (χ3v) is 1.10. The van der Waals surface area contributed by atoms with Crippen molar-refractivity contribution in [1.29, 1.82) is 0 Å². The van der Waals surface area contributed by atoms with Crippen molar-refractivity contribution in [3.05, 3.63) is 0 Å². The van der Waals surface area contributed by atoms with Gasteiger partial charge in [-0.25, -0.2) is 4.79 Å². The Morgan fingerprint density at radius 3 is 2.58 bits per heavy atom.